The molecule has 1 aromatic carbocycles. The highest BCUT2D eigenvalue weighted by atomic mass is 19.3. The molecule has 0 radical (unpaired) electrons. The Morgan fingerprint density at radius 2 is 2.05 bits per heavy atom. The maximum atomic E-state index is 12.4. The van der Waals surface area contributed by atoms with E-state index >= 15 is 0 Å². The van der Waals surface area contributed by atoms with E-state index in [4.69, 9.17) is 0 Å². The number of hydrogen-bond acceptors (Lipinski definition) is 3. The Morgan fingerprint density at radius 1 is 1.35 bits per heavy atom. The van der Waals surface area contributed by atoms with Gasteiger partial charge in [-0.15, -0.1) is 0 Å². The van der Waals surface area contributed by atoms with Crippen molar-refractivity contribution in [3.63, 3.8) is 0 Å². The Bertz CT molecular complexity index is 424. The fourth-order valence-electron chi connectivity index (χ4n) is 2.31. The average molecular weight is 284 g/mol. The van der Waals surface area contributed by atoms with Gasteiger partial charge in [-0.2, -0.15) is 8.78 Å². The molecule has 1 unspecified atom stereocenters. The van der Waals surface area contributed by atoms with Crippen LogP contribution in [0.2, 0.25) is 0 Å². The van der Waals surface area contributed by atoms with Crippen molar-refractivity contribution in [2.45, 2.75) is 38.5 Å². The van der Waals surface area contributed by atoms with Gasteiger partial charge in [0.05, 0.1) is 0 Å². The van der Waals surface area contributed by atoms with E-state index in [1.54, 1.807) is 12.1 Å². The smallest absolute Gasteiger partial charge is 0.387 e. The van der Waals surface area contributed by atoms with Crippen LogP contribution >= 0.6 is 0 Å². The third-order valence-electron chi connectivity index (χ3n) is 3.69. The molecule has 1 fully saturated rings. The molecule has 1 N–H and O–H groups in total. The van der Waals surface area contributed by atoms with Crippen LogP contribution in [0.4, 0.5) is 8.78 Å². The van der Waals surface area contributed by atoms with E-state index in [0.717, 1.165) is 24.7 Å². The second-order valence-electron chi connectivity index (χ2n) is 5.30. The number of likely N-dealkylation sites (N-methyl/N-ethyl adjacent to an activating group) is 1. The van der Waals surface area contributed by atoms with Gasteiger partial charge in [0.25, 0.3) is 0 Å². The number of ether oxygens (including phenoxy) is 1. The Hall–Kier alpha value is -1.20. The molecule has 1 atom stereocenters. The molecule has 0 aromatic heterocycles. The van der Waals surface area contributed by atoms with Gasteiger partial charge in [0.2, 0.25) is 0 Å². The number of nitrogens with zero attached hydrogens (tertiary/aromatic N) is 1. The first kappa shape index (κ1) is 15.2. The van der Waals surface area contributed by atoms with E-state index in [2.05, 4.69) is 22.0 Å². The van der Waals surface area contributed by atoms with Crippen molar-refractivity contribution in [2.24, 2.45) is 0 Å². The number of nitrogens with one attached hydrogen (secondary N) is 1. The van der Waals surface area contributed by atoms with E-state index in [1.165, 1.54) is 12.8 Å². The number of alkyl halides is 2. The Kier molecular flexibility index (Phi) is 5.31. The van der Waals surface area contributed by atoms with Crippen molar-refractivity contribution in [3.8, 4) is 5.75 Å². The standard InChI is InChI=1S/C15H22F2N2O/c1-11(18-9-10-19(2)12-7-8-12)13-5-3-4-6-14(13)20-15(16)17/h3-6,11-12,15,18H,7-10H2,1-2H3. The average Bonchev–Trinajstić information content (AvgIpc) is 3.22. The van der Waals surface area contributed by atoms with Crippen molar-refractivity contribution in [3.05, 3.63) is 29.8 Å². The number of rotatable bonds is 8. The van der Waals surface area contributed by atoms with Gasteiger partial charge < -0.3 is 15.0 Å². The highest BCUT2D eigenvalue weighted by molar-refractivity contribution is 5.35. The lowest BCUT2D eigenvalue weighted by Crippen LogP contribution is -2.32. The quantitative estimate of drug-likeness (QED) is 0.794. The molecule has 0 bridgehead atoms. The predicted octanol–water partition coefficient (Wildman–Crippen LogP) is 3.03. The van der Waals surface area contributed by atoms with E-state index in [0.29, 0.717) is 0 Å². The number of benzene rings is 1. The van der Waals surface area contributed by atoms with Crippen LogP contribution in [0.5, 0.6) is 5.75 Å². The molecular weight excluding hydrogens is 262 g/mol. The van der Waals surface area contributed by atoms with E-state index < -0.39 is 6.61 Å². The third-order valence-corrected chi connectivity index (χ3v) is 3.69. The van der Waals surface area contributed by atoms with Gasteiger partial charge >= 0.3 is 6.61 Å². The minimum atomic E-state index is -2.79. The summed E-state index contributed by atoms with van der Waals surface area (Å²) in [7, 11) is 2.12. The zero-order chi connectivity index (χ0) is 14.5. The molecule has 2 rings (SSSR count). The maximum absolute atomic E-state index is 12.4. The van der Waals surface area contributed by atoms with E-state index in [1.807, 2.05) is 19.1 Å². The van der Waals surface area contributed by atoms with Crippen molar-refractivity contribution >= 4 is 0 Å². The number of halogens is 2. The lowest BCUT2D eigenvalue weighted by Gasteiger charge is -2.20. The molecule has 1 saturated carbocycles. The van der Waals surface area contributed by atoms with Crippen LogP contribution in [-0.2, 0) is 0 Å². The molecule has 1 aliphatic carbocycles. The van der Waals surface area contributed by atoms with Crippen LogP contribution < -0.4 is 10.1 Å². The molecule has 0 spiro atoms. The molecule has 0 saturated heterocycles. The Morgan fingerprint density at radius 3 is 2.70 bits per heavy atom. The van der Waals surface area contributed by atoms with E-state index in [9.17, 15) is 8.78 Å². The number of para-hydroxylation sites is 1. The lowest BCUT2D eigenvalue weighted by molar-refractivity contribution is -0.0506. The number of hydrogen-bond donors (Lipinski definition) is 1. The normalized spacial score (nSPS) is 16.7. The van der Waals surface area contributed by atoms with Crippen LogP contribution in [0.1, 0.15) is 31.4 Å². The fraction of sp³-hybridized carbons (Fsp3) is 0.600. The molecule has 112 valence electrons. The zero-order valence-corrected chi connectivity index (χ0v) is 12.0. The molecule has 20 heavy (non-hydrogen) atoms. The maximum Gasteiger partial charge on any atom is 0.387 e. The summed E-state index contributed by atoms with van der Waals surface area (Å²) in [6.07, 6.45) is 2.58. The van der Waals surface area contributed by atoms with Gasteiger partial charge in [-0.3, -0.25) is 0 Å². The third kappa shape index (κ3) is 4.42. The Balaban J connectivity index is 1.85. The van der Waals surface area contributed by atoms with Crippen LogP contribution in [0, 0.1) is 0 Å². The van der Waals surface area contributed by atoms with Crippen LogP contribution in [0.25, 0.3) is 0 Å². The van der Waals surface area contributed by atoms with Gasteiger partial charge in [-0.1, -0.05) is 18.2 Å². The van der Waals surface area contributed by atoms with Gasteiger partial charge in [0.15, 0.2) is 0 Å². The van der Waals surface area contributed by atoms with Crippen LogP contribution in [0.15, 0.2) is 24.3 Å². The molecule has 0 amide bonds. The minimum absolute atomic E-state index is 0.0162. The largest absolute Gasteiger partial charge is 0.434 e. The van der Waals surface area contributed by atoms with Gasteiger partial charge in [-0.25, -0.2) is 0 Å². The van der Waals surface area contributed by atoms with Crippen molar-refractivity contribution in [2.75, 3.05) is 20.1 Å². The Labute approximate surface area is 118 Å². The fourth-order valence-corrected chi connectivity index (χ4v) is 2.31. The summed E-state index contributed by atoms with van der Waals surface area (Å²) < 4.78 is 29.3. The summed E-state index contributed by atoms with van der Waals surface area (Å²) in [5.41, 5.74) is 0.766. The second-order valence-corrected chi connectivity index (χ2v) is 5.30. The SMILES string of the molecule is CC(NCCN(C)C1CC1)c1ccccc1OC(F)F. The molecule has 0 aliphatic heterocycles. The predicted molar refractivity (Wildman–Crippen MR) is 75.1 cm³/mol. The van der Waals surface area contributed by atoms with Gasteiger partial charge in [0.1, 0.15) is 5.75 Å². The van der Waals surface area contributed by atoms with Crippen molar-refractivity contribution < 1.29 is 13.5 Å². The molecular formula is C15H22F2N2O. The summed E-state index contributed by atoms with van der Waals surface area (Å²) in [6.45, 7) is 0.971. The van der Waals surface area contributed by atoms with Crippen LogP contribution in [-0.4, -0.2) is 37.7 Å². The monoisotopic (exact) mass is 284 g/mol. The summed E-state index contributed by atoms with van der Waals surface area (Å²) in [5.74, 6) is 0.248. The highest BCUT2D eigenvalue weighted by Gasteiger charge is 2.25. The summed E-state index contributed by atoms with van der Waals surface area (Å²) >= 11 is 0. The first-order chi connectivity index (χ1) is 9.58. The van der Waals surface area contributed by atoms with Gasteiger partial charge in [0, 0.05) is 30.7 Å². The first-order valence-electron chi connectivity index (χ1n) is 7.05. The summed E-state index contributed by atoms with van der Waals surface area (Å²) in [4.78, 5) is 2.33. The lowest BCUT2D eigenvalue weighted by atomic mass is 10.1. The highest BCUT2D eigenvalue weighted by Crippen LogP contribution is 2.27. The topological polar surface area (TPSA) is 24.5 Å². The molecule has 1 aromatic rings. The van der Waals surface area contributed by atoms with Crippen LogP contribution in [0.3, 0.4) is 0 Å². The minimum Gasteiger partial charge on any atom is -0.434 e. The summed E-state index contributed by atoms with van der Waals surface area (Å²) in [5, 5.41) is 3.36. The molecule has 3 nitrogen and oxygen atoms in total. The molecule has 1 aliphatic rings. The van der Waals surface area contributed by atoms with Crippen molar-refractivity contribution in [1.29, 1.82) is 0 Å². The molecule has 5 heteroatoms. The first-order valence-corrected chi connectivity index (χ1v) is 7.05. The molecule has 0 heterocycles. The summed E-state index contributed by atoms with van der Waals surface area (Å²) in [6, 6.07) is 7.66. The van der Waals surface area contributed by atoms with Crippen molar-refractivity contribution in [1.82, 2.24) is 10.2 Å². The second kappa shape index (κ2) is 6.99. The van der Waals surface area contributed by atoms with E-state index in [-0.39, 0.29) is 11.8 Å². The zero-order valence-electron chi connectivity index (χ0n) is 12.0. The van der Waals surface area contributed by atoms with Gasteiger partial charge in [-0.05, 0) is 32.9 Å².